The average molecular weight is 285 g/mol. The topological polar surface area (TPSA) is 3.24 Å². The normalized spacial score (nSPS) is 19.0. The van der Waals surface area contributed by atoms with E-state index in [1.165, 1.54) is 42.6 Å². The van der Waals surface area contributed by atoms with E-state index < -0.39 is 0 Å². The molecule has 1 fully saturated rings. The molecule has 0 bridgehead atoms. The minimum Gasteiger partial charge on any atom is -0.306 e. The van der Waals surface area contributed by atoms with E-state index in [2.05, 4.69) is 70.8 Å². The third kappa shape index (κ3) is 3.77. The minimum absolute atomic E-state index is 0.229. The highest BCUT2D eigenvalue weighted by Gasteiger charge is 2.22. The second kappa shape index (κ2) is 6.36. The fourth-order valence-electron chi connectivity index (χ4n) is 3.38. The van der Waals surface area contributed by atoms with Crippen LogP contribution in [-0.2, 0) is 5.41 Å². The van der Waals surface area contributed by atoms with Gasteiger partial charge in [0.25, 0.3) is 0 Å². The number of hydrogen-bond acceptors (Lipinski definition) is 1. The Labute approximate surface area is 131 Å². The maximum absolute atomic E-state index is 2.44. The largest absolute Gasteiger partial charge is 0.306 e. The number of rotatable bonds is 2. The predicted octanol–water partition coefficient (Wildman–Crippen LogP) is 5.04. The van der Waals surface area contributed by atoms with Gasteiger partial charge in [0.15, 0.2) is 0 Å². The van der Waals surface area contributed by atoms with Gasteiger partial charge >= 0.3 is 0 Å². The lowest BCUT2D eigenvalue weighted by Crippen LogP contribution is -2.30. The van der Waals surface area contributed by atoms with Gasteiger partial charge in [-0.3, -0.25) is 0 Å². The van der Waals surface area contributed by atoms with Crippen molar-refractivity contribution in [2.75, 3.05) is 20.1 Å². The number of aryl methyl sites for hydroxylation is 1. The summed E-state index contributed by atoms with van der Waals surface area (Å²) in [6, 6.07) is 7.05. The van der Waals surface area contributed by atoms with E-state index in [9.17, 15) is 0 Å². The molecule has 1 nitrogen and oxygen atoms in total. The number of benzene rings is 1. The van der Waals surface area contributed by atoms with Gasteiger partial charge in [-0.15, -0.1) is 0 Å². The first-order valence-corrected chi connectivity index (χ1v) is 8.29. The van der Waals surface area contributed by atoms with Crippen LogP contribution in [0.25, 0.3) is 5.57 Å². The van der Waals surface area contributed by atoms with Crippen molar-refractivity contribution in [2.45, 2.75) is 52.9 Å². The second-order valence-electron chi connectivity index (χ2n) is 7.60. The third-order valence-electron chi connectivity index (χ3n) is 4.87. The minimum atomic E-state index is 0.229. The van der Waals surface area contributed by atoms with Crippen molar-refractivity contribution >= 4 is 5.57 Å². The summed E-state index contributed by atoms with van der Waals surface area (Å²) in [6.07, 6.45) is 4.92. The summed E-state index contributed by atoms with van der Waals surface area (Å²) in [4.78, 5) is 2.44. The molecule has 0 radical (unpaired) electrons. The Bertz CT molecular complexity index is 511. The molecule has 0 aromatic heterocycles. The smallest absolute Gasteiger partial charge is 0.00159 e. The molecule has 1 aliphatic heterocycles. The van der Waals surface area contributed by atoms with Crippen molar-refractivity contribution in [3.8, 4) is 0 Å². The van der Waals surface area contributed by atoms with Gasteiger partial charge in [0, 0.05) is 0 Å². The zero-order valence-corrected chi connectivity index (χ0v) is 14.7. The van der Waals surface area contributed by atoms with Crippen LogP contribution in [-0.4, -0.2) is 25.0 Å². The van der Waals surface area contributed by atoms with Gasteiger partial charge in [-0.25, -0.2) is 0 Å². The number of piperidine rings is 1. The number of nitrogens with zero attached hydrogens (tertiary/aromatic N) is 1. The first kappa shape index (κ1) is 16.3. The molecule has 1 heteroatoms. The number of likely N-dealkylation sites (tertiary alicyclic amines) is 1. The second-order valence-corrected chi connectivity index (χ2v) is 7.60. The highest BCUT2D eigenvalue weighted by atomic mass is 15.1. The van der Waals surface area contributed by atoms with Crippen molar-refractivity contribution < 1.29 is 0 Å². The molecule has 21 heavy (non-hydrogen) atoms. The van der Waals surface area contributed by atoms with E-state index in [0.717, 1.165) is 5.92 Å². The lowest BCUT2D eigenvalue weighted by molar-refractivity contribution is 0.248. The molecule has 1 aromatic carbocycles. The van der Waals surface area contributed by atoms with Crippen LogP contribution < -0.4 is 0 Å². The van der Waals surface area contributed by atoms with Crippen LogP contribution in [0.15, 0.2) is 24.3 Å². The summed E-state index contributed by atoms with van der Waals surface area (Å²) in [5.41, 5.74) is 6.10. The lowest BCUT2D eigenvalue weighted by atomic mass is 9.80. The molecule has 0 spiro atoms. The third-order valence-corrected chi connectivity index (χ3v) is 4.87. The molecular weight excluding hydrogens is 254 g/mol. The van der Waals surface area contributed by atoms with Crippen LogP contribution in [0.3, 0.4) is 0 Å². The molecule has 1 heterocycles. The highest BCUT2D eigenvalue weighted by molar-refractivity contribution is 5.70. The monoisotopic (exact) mass is 285 g/mol. The first-order valence-electron chi connectivity index (χ1n) is 8.29. The van der Waals surface area contributed by atoms with E-state index >= 15 is 0 Å². The molecule has 1 aliphatic rings. The SMILES string of the molecule is C/C=C(\c1ccc(C(C)(C)C)cc1C)C1CCN(C)CC1. The summed E-state index contributed by atoms with van der Waals surface area (Å²) in [7, 11) is 2.23. The summed E-state index contributed by atoms with van der Waals surface area (Å²) < 4.78 is 0. The van der Waals surface area contributed by atoms with Gasteiger partial charge in [0.2, 0.25) is 0 Å². The Balaban J connectivity index is 2.27. The lowest BCUT2D eigenvalue weighted by Gasteiger charge is -2.31. The first-order chi connectivity index (χ1) is 9.82. The summed E-state index contributed by atoms with van der Waals surface area (Å²) in [5, 5.41) is 0. The molecule has 0 aliphatic carbocycles. The Morgan fingerprint density at radius 3 is 2.29 bits per heavy atom. The summed E-state index contributed by atoms with van der Waals surface area (Å²) in [6.45, 7) is 13.8. The number of hydrogen-bond donors (Lipinski definition) is 0. The molecule has 0 saturated carbocycles. The van der Waals surface area contributed by atoms with Crippen molar-refractivity contribution in [2.24, 2.45) is 5.92 Å². The molecule has 0 amide bonds. The van der Waals surface area contributed by atoms with Gasteiger partial charge in [-0.1, -0.05) is 45.0 Å². The van der Waals surface area contributed by atoms with Crippen LogP contribution in [0.4, 0.5) is 0 Å². The van der Waals surface area contributed by atoms with Crippen molar-refractivity contribution in [3.63, 3.8) is 0 Å². The van der Waals surface area contributed by atoms with Crippen LogP contribution >= 0.6 is 0 Å². The van der Waals surface area contributed by atoms with Crippen LogP contribution in [0.5, 0.6) is 0 Å². The fraction of sp³-hybridized carbons (Fsp3) is 0.600. The molecule has 1 aromatic rings. The molecule has 2 rings (SSSR count). The van der Waals surface area contributed by atoms with Gasteiger partial charge in [-0.05, 0) is 80.4 Å². The van der Waals surface area contributed by atoms with E-state index in [0.29, 0.717) is 0 Å². The van der Waals surface area contributed by atoms with Gasteiger partial charge in [0.1, 0.15) is 0 Å². The van der Waals surface area contributed by atoms with Crippen LogP contribution in [0.1, 0.15) is 57.2 Å². The van der Waals surface area contributed by atoms with Crippen molar-refractivity contribution in [3.05, 3.63) is 41.0 Å². The summed E-state index contributed by atoms with van der Waals surface area (Å²) >= 11 is 0. The predicted molar refractivity (Wildman–Crippen MR) is 93.8 cm³/mol. The highest BCUT2D eigenvalue weighted by Crippen LogP contribution is 2.34. The average Bonchev–Trinajstić information content (AvgIpc) is 2.42. The molecular formula is C20H31N. The zero-order valence-electron chi connectivity index (χ0n) is 14.7. The van der Waals surface area contributed by atoms with Crippen LogP contribution in [0, 0.1) is 12.8 Å². The standard InChI is InChI=1S/C20H31N/c1-7-18(16-10-12-21(6)13-11-16)19-9-8-17(14-15(19)2)20(3,4)5/h7-9,14,16H,10-13H2,1-6H3/b18-7-. The van der Waals surface area contributed by atoms with Gasteiger partial charge in [0.05, 0.1) is 0 Å². The Hall–Kier alpha value is -1.08. The Morgan fingerprint density at radius 1 is 1.19 bits per heavy atom. The maximum Gasteiger partial charge on any atom is -0.00159 e. The van der Waals surface area contributed by atoms with Crippen molar-refractivity contribution in [1.29, 1.82) is 0 Å². The molecule has 0 atom stereocenters. The molecule has 0 N–H and O–H groups in total. The molecule has 116 valence electrons. The van der Waals surface area contributed by atoms with E-state index in [4.69, 9.17) is 0 Å². The quantitative estimate of drug-likeness (QED) is 0.736. The van der Waals surface area contributed by atoms with E-state index in [1.54, 1.807) is 5.57 Å². The van der Waals surface area contributed by atoms with E-state index in [1.807, 2.05) is 0 Å². The maximum atomic E-state index is 2.44. The fourth-order valence-corrected chi connectivity index (χ4v) is 3.38. The van der Waals surface area contributed by atoms with E-state index in [-0.39, 0.29) is 5.41 Å². The molecule has 1 saturated heterocycles. The van der Waals surface area contributed by atoms with Gasteiger partial charge in [-0.2, -0.15) is 0 Å². The summed E-state index contributed by atoms with van der Waals surface area (Å²) in [5.74, 6) is 0.727. The zero-order chi connectivity index (χ0) is 15.6. The van der Waals surface area contributed by atoms with Crippen LogP contribution in [0.2, 0.25) is 0 Å². The van der Waals surface area contributed by atoms with Crippen molar-refractivity contribution in [1.82, 2.24) is 4.90 Å². The molecule has 0 unspecified atom stereocenters. The Morgan fingerprint density at radius 2 is 1.81 bits per heavy atom. The number of allylic oxidation sites excluding steroid dienone is 2. The van der Waals surface area contributed by atoms with Gasteiger partial charge < -0.3 is 4.90 Å². The Kier molecular flexibility index (Phi) is 4.93.